The molecule has 1 N–H and O–H groups in total. The first kappa shape index (κ1) is 21.9. The maximum absolute atomic E-state index is 14.6. The minimum atomic E-state index is -1.55. The van der Waals surface area contributed by atoms with Crippen molar-refractivity contribution >= 4 is 17.5 Å². The number of imide groups is 1. The number of nitrogens with one attached hydrogen (secondary N) is 1. The average molecular weight is 481 g/mol. The first-order valence-electron chi connectivity index (χ1n) is 11.6. The van der Waals surface area contributed by atoms with Crippen LogP contribution in [0.3, 0.4) is 0 Å². The van der Waals surface area contributed by atoms with Crippen LogP contribution in [0.15, 0.2) is 72.8 Å². The summed E-state index contributed by atoms with van der Waals surface area (Å²) in [6.07, 6.45) is 0. The number of fused-ring (bicyclic) bond motifs is 6. The topological polar surface area (TPSA) is 85.7 Å². The molecule has 3 heterocycles. The molecule has 2 amide bonds. The van der Waals surface area contributed by atoms with Crippen molar-refractivity contribution in [3.8, 4) is 22.8 Å². The van der Waals surface area contributed by atoms with Crippen molar-refractivity contribution in [3.05, 3.63) is 95.2 Å². The molecule has 2 aliphatic heterocycles. The van der Waals surface area contributed by atoms with E-state index < -0.39 is 17.5 Å². The zero-order valence-electron chi connectivity index (χ0n) is 20.1. The van der Waals surface area contributed by atoms with Crippen LogP contribution in [0.1, 0.15) is 27.2 Å². The zero-order chi connectivity index (χ0) is 25.0. The SMILES string of the molecule is COc1cc(OC)c2c(c1)C(=O)N(Cc1ccccc1)C(=O)[C@]21Nc2ccccc2-c2cc(C)nn21. The summed E-state index contributed by atoms with van der Waals surface area (Å²) < 4.78 is 12.9. The van der Waals surface area contributed by atoms with Gasteiger partial charge < -0.3 is 14.8 Å². The van der Waals surface area contributed by atoms with Crippen LogP contribution in [0.2, 0.25) is 0 Å². The maximum Gasteiger partial charge on any atom is 0.283 e. The Morgan fingerprint density at radius 2 is 1.67 bits per heavy atom. The molecule has 0 fully saturated rings. The highest BCUT2D eigenvalue weighted by atomic mass is 16.5. The summed E-state index contributed by atoms with van der Waals surface area (Å²) >= 11 is 0. The third-order valence-electron chi connectivity index (χ3n) is 6.77. The first-order chi connectivity index (χ1) is 17.5. The molecule has 4 aromatic rings. The zero-order valence-corrected chi connectivity index (χ0v) is 20.1. The summed E-state index contributed by atoms with van der Waals surface area (Å²) in [4.78, 5) is 29.7. The molecule has 8 nitrogen and oxygen atoms in total. The van der Waals surface area contributed by atoms with Gasteiger partial charge in [-0.25, -0.2) is 4.68 Å². The van der Waals surface area contributed by atoms with E-state index in [2.05, 4.69) is 5.32 Å². The highest BCUT2D eigenvalue weighted by Gasteiger charge is 2.57. The first-order valence-corrected chi connectivity index (χ1v) is 11.6. The van der Waals surface area contributed by atoms with Gasteiger partial charge in [-0.1, -0.05) is 48.5 Å². The molecule has 0 bridgehead atoms. The molecule has 0 aliphatic carbocycles. The van der Waals surface area contributed by atoms with E-state index in [9.17, 15) is 9.59 Å². The molecular weight excluding hydrogens is 456 g/mol. The molecule has 0 saturated heterocycles. The van der Waals surface area contributed by atoms with Gasteiger partial charge in [0.25, 0.3) is 11.8 Å². The van der Waals surface area contributed by atoms with E-state index in [4.69, 9.17) is 14.6 Å². The fourth-order valence-electron chi connectivity index (χ4n) is 5.18. The molecule has 36 heavy (non-hydrogen) atoms. The normalized spacial score (nSPS) is 17.8. The van der Waals surface area contributed by atoms with Crippen molar-refractivity contribution < 1.29 is 19.1 Å². The van der Waals surface area contributed by atoms with E-state index >= 15 is 0 Å². The summed E-state index contributed by atoms with van der Waals surface area (Å²) in [6.45, 7) is 1.99. The number of carbonyl (C=O) groups excluding carboxylic acids is 2. The van der Waals surface area contributed by atoms with Gasteiger partial charge in [-0.3, -0.25) is 14.5 Å². The van der Waals surface area contributed by atoms with Gasteiger partial charge in [0.15, 0.2) is 0 Å². The van der Waals surface area contributed by atoms with E-state index in [0.717, 1.165) is 28.2 Å². The van der Waals surface area contributed by atoms with Gasteiger partial charge in [0.2, 0.25) is 5.66 Å². The third-order valence-corrected chi connectivity index (χ3v) is 6.77. The fourth-order valence-corrected chi connectivity index (χ4v) is 5.18. The number of methoxy groups -OCH3 is 2. The number of ether oxygens (including phenoxy) is 2. The van der Waals surface area contributed by atoms with Crippen molar-refractivity contribution in [2.75, 3.05) is 19.5 Å². The van der Waals surface area contributed by atoms with E-state index in [1.165, 1.54) is 19.1 Å². The van der Waals surface area contributed by atoms with E-state index in [1.807, 2.05) is 67.6 Å². The summed E-state index contributed by atoms with van der Waals surface area (Å²) in [5.41, 5.74) is 3.20. The van der Waals surface area contributed by atoms with Crippen LogP contribution < -0.4 is 14.8 Å². The Morgan fingerprint density at radius 1 is 0.917 bits per heavy atom. The number of hydrogen-bond acceptors (Lipinski definition) is 6. The van der Waals surface area contributed by atoms with E-state index in [0.29, 0.717) is 22.6 Å². The highest BCUT2D eigenvalue weighted by molar-refractivity contribution is 6.15. The second-order valence-corrected chi connectivity index (χ2v) is 8.90. The Kier molecular flexibility index (Phi) is 4.86. The van der Waals surface area contributed by atoms with Crippen molar-refractivity contribution in [3.63, 3.8) is 0 Å². The number of amides is 2. The molecule has 1 spiro atoms. The number of hydrogen-bond donors (Lipinski definition) is 1. The predicted molar refractivity (Wildman–Crippen MR) is 134 cm³/mol. The molecule has 0 unspecified atom stereocenters. The Balaban J connectivity index is 1.68. The van der Waals surface area contributed by atoms with E-state index in [-0.39, 0.29) is 6.54 Å². The average Bonchev–Trinajstić information content (AvgIpc) is 3.32. The minimum Gasteiger partial charge on any atom is -0.497 e. The van der Waals surface area contributed by atoms with Crippen LogP contribution in [0.4, 0.5) is 5.69 Å². The third kappa shape index (κ3) is 2.97. The lowest BCUT2D eigenvalue weighted by atomic mass is 9.84. The molecule has 0 radical (unpaired) electrons. The Bertz CT molecular complexity index is 1530. The van der Waals surface area contributed by atoms with Crippen molar-refractivity contribution in [1.29, 1.82) is 0 Å². The van der Waals surface area contributed by atoms with Gasteiger partial charge in [-0.15, -0.1) is 0 Å². The Morgan fingerprint density at radius 3 is 2.42 bits per heavy atom. The lowest BCUT2D eigenvalue weighted by Crippen LogP contribution is -2.62. The summed E-state index contributed by atoms with van der Waals surface area (Å²) in [7, 11) is 3.04. The van der Waals surface area contributed by atoms with Crippen LogP contribution in [0.25, 0.3) is 11.3 Å². The molecule has 1 aromatic heterocycles. The largest absolute Gasteiger partial charge is 0.497 e. The highest BCUT2D eigenvalue weighted by Crippen LogP contribution is 2.49. The number of aryl methyl sites for hydroxylation is 1. The molecule has 2 aliphatic rings. The fraction of sp³-hybridized carbons (Fsp3) is 0.179. The number of benzene rings is 3. The number of anilines is 1. The summed E-state index contributed by atoms with van der Waals surface area (Å²) in [5.74, 6) is -0.0495. The Labute approximate surface area is 208 Å². The summed E-state index contributed by atoms with van der Waals surface area (Å²) in [5, 5.41) is 8.24. The standard InChI is InChI=1S/C28H24N4O4/c1-17-13-23-20-11-7-8-12-22(20)29-28(32(23)30-17)25-21(14-19(35-2)15-24(25)36-3)26(33)31(27(28)34)16-18-9-5-4-6-10-18/h4-15,29H,16H2,1-3H3/t28-/m0/s1. The van der Waals surface area contributed by atoms with Gasteiger partial charge in [-0.05, 0) is 30.7 Å². The molecule has 3 aromatic carbocycles. The van der Waals surface area contributed by atoms with Crippen molar-refractivity contribution in [2.45, 2.75) is 19.1 Å². The monoisotopic (exact) mass is 480 g/mol. The number of para-hydroxylation sites is 1. The van der Waals surface area contributed by atoms with Crippen molar-refractivity contribution in [2.24, 2.45) is 0 Å². The van der Waals surface area contributed by atoms with Crippen LogP contribution in [-0.4, -0.2) is 40.7 Å². The number of rotatable bonds is 4. The second kappa shape index (κ2) is 7.98. The van der Waals surface area contributed by atoms with Gasteiger partial charge in [0.05, 0.1) is 43.3 Å². The summed E-state index contributed by atoms with van der Waals surface area (Å²) in [6, 6.07) is 22.5. The molecule has 180 valence electrons. The predicted octanol–water partition coefficient (Wildman–Crippen LogP) is 4.18. The number of nitrogens with zero attached hydrogens (tertiary/aromatic N) is 3. The van der Waals surface area contributed by atoms with Crippen LogP contribution >= 0.6 is 0 Å². The smallest absolute Gasteiger partial charge is 0.283 e. The van der Waals surface area contributed by atoms with E-state index in [1.54, 1.807) is 16.8 Å². The molecule has 1 atom stereocenters. The number of aromatic nitrogens is 2. The quantitative estimate of drug-likeness (QED) is 0.441. The van der Waals surface area contributed by atoms with Gasteiger partial charge >= 0.3 is 0 Å². The number of carbonyl (C=O) groups is 2. The molecule has 0 saturated carbocycles. The molecule has 8 heteroatoms. The lowest BCUT2D eigenvalue weighted by molar-refractivity contribution is -0.136. The van der Waals surface area contributed by atoms with Crippen molar-refractivity contribution in [1.82, 2.24) is 14.7 Å². The van der Waals surface area contributed by atoms with Crippen LogP contribution in [-0.2, 0) is 17.0 Å². The maximum atomic E-state index is 14.6. The minimum absolute atomic E-state index is 0.109. The van der Waals surface area contributed by atoms with Crippen LogP contribution in [0, 0.1) is 6.92 Å². The Hall–Kier alpha value is -4.59. The van der Waals surface area contributed by atoms with Gasteiger partial charge in [-0.2, -0.15) is 5.10 Å². The lowest BCUT2D eigenvalue weighted by Gasteiger charge is -2.46. The molecule has 6 rings (SSSR count). The van der Waals surface area contributed by atoms with Crippen LogP contribution in [0.5, 0.6) is 11.5 Å². The second-order valence-electron chi connectivity index (χ2n) is 8.90. The van der Waals surface area contributed by atoms with Gasteiger partial charge in [0.1, 0.15) is 11.5 Å². The van der Waals surface area contributed by atoms with Gasteiger partial charge in [0, 0.05) is 17.3 Å². The molecular formula is C28H24N4O4.